The third-order valence-corrected chi connectivity index (χ3v) is 3.31. The van der Waals surface area contributed by atoms with E-state index in [-0.39, 0.29) is 6.10 Å². The second-order valence-corrected chi connectivity index (χ2v) is 4.68. The molecule has 2 nitrogen and oxygen atoms in total. The molecule has 105 valence electrons. The number of ether oxygens (including phenoxy) is 1. The van der Waals surface area contributed by atoms with Gasteiger partial charge in [-0.1, -0.05) is 6.07 Å². The van der Waals surface area contributed by atoms with Gasteiger partial charge in [-0.2, -0.15) is 13.2 Å². The van der Waals surface area contributed by atoms with E-state index in [1.807, 2.05) is 0 Å². The van der Waals surface area contributed by atoms with Crippen molar-refractivity contribution in [1.82, 2.24) is 4.90 Å². The molecule has 1 aromatic rings. The standard InChI is InChI=1S/C14H17F3NO/c1-2-18-8-6-12(7-9-18)19-13-5-3-4-11(10-13)14(15,16)17/h3-5,10,12H,1-2,6-9H2. The Morgan fingerprint density at radius 1 is 1.26 bits per heavy atom. The van der Waals surface area contributed by atoms with E-state index < -0.39 is 11.7 Å². The van der Waals surface area contributed by atoms with Gasteiger partial charge in [0.15, 0.2) is 0 Å². The number of halogens is 3. The van der Waals surface area contributed by atoms with E-state index in [0.717, 1.165) is 44.6 Å². The van der Waals surface area contributed by atoms with Crippen molar-refractivity contribution in [3.8, 4) is 5.75 Å². The Morgan fingerprint density at radius 3 is 2.53 bits per heavy atom. The van der Waals surface area contributed by atoms with Gasteiger partial charge in [-0.05, 0) is 44.5 Å². The number of nitrogens with zero attached hydrogens (tertiary/aromatic N) is 1. The van der Waals surface area contributed by atoms with Gasteiger partial charge in [-0.3, -0.25) is 0 Å². The molecule has 1 radical (unpaired) electrons. The molecule has 0 bridgehead atoms. The Morgan fingerprint density at radius 2 is 1.95 bits per heavy atom. The van der Waals surface area contributed by atoms with E-state index in [1.54, 1.807) is 6.07 Å². The molecule has 2 rings (SSSR count). The van der Waals surface area contributed by atoms with Crippen molar-refractivity contribution in [3.63, 3.8) is 0 Å². The van der Waals surface area contributed by atoms with Crippen molar-refractivity contribution >= 4 is 0 Å². The fraction of sp³-hybridized carbons (Fsp3) is 0.500. The van der Waals surface area contributed by atoms with Crippen molar-refractivity contribution in [2.75, 3.05) is 19.6 Å². The van der Waals surface area contributed by atoms with Crippen LogP contribution in [0.15, 0.2) is 24.3 Å². The zero-order valence-electron chi connectivity index (χ0n) is 10.6. The van der Waals surface area contributed by atoms with E-state index in [4.69, 9.17) is 4.74 Å². The molecule has 0 aliphatic carbocycles. The average molecular weight is 272 g/mol. The Bertz CT molecular complexity index is 411. The molecule has 5 heteroatoms. The molecule has 1 saturated heterocycles. The molecule has 0 spiro atoms. The van der Waals surface area contributed by atoms with Crippen molar-refractivity contribution in [2.45, 2.75) is 25.1 Å². The highest BCUT2D eigenvalue weighted by Crippen LogP contribution is 2.32. The van der Waals surface area contributed by atoms with Crippen LogP contribution in [0.1, 0.15) is 18.4 Å². The van der Waals surface area contributed by atoms with Crippen LogP contribution >= 0.6 is 0 Å². The molecule has 1 aromatic carbocycles. The monoisotopic (exact) mass is 272 g/mol. The molecule has 1 fully saturated rings. The summed E-state index contributed by atoms with van der Waals surface area (Å²) in [5.41, 5.74) is -0.666. The van der Waals surface area contributed by atoms with Gasteiger partial charge in [0.1, 0.15) is 11.9 Å². The number of alkyl halides is 3. The van der Waals surface area contributed by atoms with Crippen LogP contribution in [0.3, 0.4) is 0 Å². The largest absolute Gasteiger partial charge is 0.490 e. The molecule has 0 saturated carbocycles. The minimum atomic E-state index is -4.32. The quantitative estimate of drug-likeness (QED) is 0.836. The molecule has 19 heavy (non-hydrogen) atoms. The third-order valence-electron chi connectivity index (χ3n) is 3.31. The fourth-order valence-electron chi connectivity index (χ4n) is 2.19. The first-order valence-electron chi connectivity index (χ1n) is 6.34. The van der Waals surface area contributed by atoms with Gasteiger partial charge in [0, 0.05) is 13.1 Å². The lowest BCUT2D eigenvalue weighted by Gasteiger charge is -2.31. The summed E-state index contributed by atoms with van der Waals surface area (Å²) in [4.78, 5) is 2.20. The van der Waals surface area contributed by atoms with Crippen LogP contribution in [0.5, 0.6) is 5.75 Å². The SMILES string of the molecule is [CH2]CN1CCC(Oc2cccc(C(F)(F)F)c2)CC1. The Balaban J connectivity index is 1.97. The highest BCUT2D eigenvalue weighted by Gasteiger charge is 2.31. The van der Waals surface area contributed by atoms with E-state index in [0.29, 0.717) is 5.75 Å². The van der Waals surface area contributed by atoms with Gasteiger partial charge < -0.3 is 9.64 Å². The number of likely N-dealkylation sites (tertiary alicyclic amines) is 1. The van der Waals surface area contributed by atoms with Crippen LogP contribution < -0.4 is 4.74 Å². The summed E-state index contributed by atoms with van der Waals surface area (Å²) < 4.78 is 43.4. The molecule has 1 aliphatic rings. The Hall–Kier alpha value is -1.23. The third kappa shape index (κ3) is 3.86. The molecule has 1 heterocycles. The highest BCUT2D eigenvalue weighted by molar-refractivity contribution is 5.30. The minimum Gasteiger partial charge on any atom is -0.490 e. The van der Waals surface area contributed by atoms with E-state index in [1.165, 1.54) is 6.07 Å². The zero-order valence-corrected chi connectivity index (χ0v) is 10.6. The lowest BCUT2D eigenvalue weighted by Crippen LogP contribution is -2.38. The average Bonchev–Trinajstić information content (AvgIpc) is 2.39. The summed E-state index contributed by atoms with van der Waals surface area (Å²) in [6.07, 6.45) is -2.68. The van der Waals surface area contributed by atoms with Crippen LogP contribution in [0.4, 0.5) is 13.2 Å². The zero-order chi connectivity index (χ0) is 13.9. The fourth-order valence-corrected chi connectivity index (χ4v) is 2.19. The summed E-state index contributed by atoms with van der Waals surface area (Å²) in [7, 11) is 0. The smallest absolute Gasteiger partial charge is 0.416 e. The normalized spacial score (nSPS) is 18.5. The number of piperidine rings is 1. The van der Waals surface area contributed by atoms with Gasteiger partial charge in [0.2, 0.25) is 0 Å². The second-order valence-electron chi connectivity index (χ2n) is 4.68. The van der Waals surface area contributed by atoms with E-state index in [9.17, 15) is 13.2 Å². The first kappa shape index (κ1) is 14.2. The maximum atomic E-state index is 12.6. The van der Waals surface area contributed by atoms with Crippen LogP contribution in [-0.2, 0) is 6.18 Å². The van der Waals surface area contributed by atoms with Gasteiger partial charge in [-0.15, -0.1) is 0 Å². The maximum Gasteiger partial charge on any atom is 0.416 e. The molecule has 0 unspecified atom stereocenters. The van der Waals surface area contributed by atoms with Crippen LogP contribution in [0.2, 0.25) is 0 Å². The molecular weight excluding hydrogens is 255 g/mol. The molecule has 0 aromatic heterocycles. The first-order chi connectivity index (χ1) is 8.99. The lowest BCUT2D eigenvalue weighted by atomic mass is 10.1. The van der Waals surface area contributed by atoms with Crippen molar-refractivity contribution < 1.29 is 17.9 Å². The van der Waals surface area contributed by atoms with Crippen LogP contribution in [0.25, 0.3) is 0 Å². The maximum absolute atomic E-state index is 12.6. The second kappa shape index (κ2) is 5.82. The van der Waals surface area contributed by atoms with E-state index >= 15 is 0 Å². The van der Waals surface area contributed by atoms with Crippen molar-refractivity contribution in [3.05, 3.63) is 36.8 Å². The van der Waals surface area contributed by atoms with Gasteiger partial charge >= 0.3 is 6.18 Å². The van der Waals surface area contributed by atoms with Gasteiger partial charge in [0.05, 0.1) is 5.56 Å². The molecule has 1 aliphatic heterocycles. The molecule has 0 N–H and O–H groups in total. The molecule has 0 amide bonds. The topological polar surface area (TPSA) is 12.5 Å². The predicted octanol–water partition coefficient (Wildman–Crippen LogP) is 3.38. The summed E-state index contributed by atoms with van der Waals surface area (Å²) in [6.45, 7) is 6.34. The highest BCUT2D eigenvalue weighted by atomic mass is 19.4. The van der Waals surface area contributed by atoms with Crippen LogP contribution in [-0.4, -0.2) is 30.6 Å². The summed E-state index contributed by atoms with van der Waals surface area (Å²) in [5, 5.41) is 0. The van der Waals surface area contributed by atoms with Gasteiger partial charge in [0.25, 0.3) is 0 Å². The molecular formula is C14H17F3NO. The van der Waals surface area contributed by atoms with Crippen LogP contribution in [0, 0.1) is 6.92 Å². The summed E-state index contributed by atoms with van der Waals surface area (Å²) >= 11 is 0. The number of hydrogen-bond donors (Lipinski definition) is 0. The molecule has 0 atom stereocenters. The van der Waals surface area contributed by atoms with Crippen molar-refractivity contribution in [2.24, 2.45) is 0 Å². The summed E-state index contributed by atoms with van der Waals surface area (Å²) in [6, 6.07) is 5.07. The van der Waals surface area contributed by atoms with Crippen molar-refractivity contribution in [1.29, 1.82) is 0 Å². The number of rotatable bonds is 3. The summed E-state index contributed by atoms with van der Waals surface area (Å²) in [5.74, 6) is 0.294. The number of benzene rings is 1. The Kier molecular flexibility index (Phi) is 4.34. The van der Waals surface area contributed by atoms with Gasteiger partial charge in [-0.25, -0.2) is 0 Å². The lowest BCUT2D eigenvalue weighted by molar-refractivity contribution is -0.137. The van der Waals surface area contributed by atoms with E-state index in [2.05, 4.69) is 11.8 Å². The minimum absolute atomic E-state index is 0.00807. The first-order valence-corrected chi connectivity index (χ1v) is 6.34. The number of hydrogen-bond acceptors (Lipinski definition) is 2. The Labute approximate surface area is 111 Å². The predicted molar refractivity (Wildman–Crippen MR) is 66.9 cm³/mol.